The Morgan fingerprint density at radius 2 is 1.61 bits per heavy atom. The molecule has 2 nitrogen and oxygen atoms in total. The summed E-state index contributed by atoms with van der Waals surface area (Å²) in [6.45, 7) is 15.2. The molecule has 1 aliphatic rings. The average molecular weight is 316 g/mol. The van der Waals surface area contributed by atoms with Gasteiger partial charge < -0.3 is 9.31 Å². The zero-order valence-electron chi connectivity index (χ0n) is 16.0. The molecule has 1 fully saturated rings. The summed E-state index contributed by atoms with van der Waals surface area (Å²) in [7, 11) is -0.258. The third kappa shape index (κ3) is 4.00. The second-order valence-corrected chi connectivity index (χ2v) is 8.16. The van der Waals surface area contributed by atoms with E-state index >= 15 is 0 Å². The van der Waals surface area contributed by atoms with Crippen molar-refractivity contribution in [3.05, 3.63) is 29.3 Å². The third-order valence-corrected chi connectivity index (χ3v) is 5.36. The molecule has 0 aliphatic carbocycles. The highest BCUT2D eigenvalue weighted by atomic mass is 16.7. The normalized spacial score (nSPS) is 19.6. The Kier molecular flexibility index (Phi) is 5.63. The zero-order valence-corrected chi connectivity index (χ0v) is 16.0. The van der Waals surface area contributed by atoms with Gasteiger partial charge in [-0.2, -0.15) is 0 Å². The van der Waals surface area contributed by atoms with Gasteiger partial charge in [-0.25, -0.2) is 0 Å². The van der Waals surface area contributed by atoms with Gasteiger partial charge in [0.1, 0.15) is 0 Å². The van der Waals surface area contributed by atoms with E-state index in [0.29, 0.717) is 5.92 Å². The van der Waals surface area contributed by atoms with Gasteiger partial charge in [-0.15, -0.1) is 0 Å². The van der Waals surface area contributed by atoms with Crippen LogP contribution in [-0.4, -0.2) is 18.3 Å². The number of unbranched alkanes of at least 4 members (excludes halogenated alkanes) is 2. The monoisotopic (exact) mass is 316 g/mol. The van der Waals surface area contributed by atoms with Gasteiger partial charge in [-0.05, 0) is 63.0 Å². The predicted molar refractivity (Wildman–Crippen MR) is 99.5 cm³/mol. The molecule has 0 aromatic heterocycles. The molecule has 1 aromatic rings. The molecule has 0 spiro atoms. The molecule has 0 N–H and O–H groups in total. The maximum atomic E-state index is 6.21. The quantitative estimate of drug-likeness (QED) is 0.552. The first kappa shape index (κ1) is 18.5. The smallest absolute Gasteiger partial charge is 0.399 e. The average Bonchev–Trinajstić information content (AvgIpc) is 2.67. The van der Waals surface area contributed by atoms with Crippen LogP contribution < -0.4 is 5.46 Å². The Bertz CT molecular complexity index is 518. The van der Waals surface area contributed by atoms with Crippen molar-refractivity contribution in [1.82, 2.24) is 0 Å². The largest absolute Gasteiger partial charge is 0.494 e. The third-order valence-electron chi connectivity index (χ3n) is 5.36. The minimum Gasteiger partial charge on any atom is -0.399 e. The van der Waals surface area contributed by atoms with Crippen molar-refractivity contribution >= 4 is 12.6 Å². The fraction of sp³-hybridized carbons (Fsp3) is 0.700. The fourth-order valence-corrected chi connectivity index (χ4v) is 3.10. The lowest BCUT2D eigenvalue weighted by molar-refractivity contribution is 0.00578. The highest BCUT2D eigenvalue weighted by molar-refractivity contribution is 6.62. The first-order valence-corrected chi connectivity index (χ1v) is 9.16. The number of hydrogen-bond donors (Lipinski definition) is 0. The van der Waals surface area contributed by atoms with E-state index in [1.165, 1.54) is 30.4 Å². The number of benzene rings is 1. The summed E-state index contributed by atoms with van der Waals surface area (Å²) >= 11 is 0. The second kappa shape index (κ2) is 6.98. The maximum Gasteiger partial charge on any atom is 0.494 e. The Morgan fingerprint density at radius 3 is 2.13 bits per heavy atom. The highest BCUT2D eigenvalue weighted by Crippen LogP contribution is 2.36. The lowest BCUT2D eigenvalue weighted by Gasteiger charge is -2.32. The summed E-state index contributed by atoms with van der Waals surface area (Å²) in [5.74, 6) is 0.555. The van der Waals surface area contributed by atoms with E-state index in [4.69, 9.17) is 9.31 Å². The molecule has 3 heteroatoms. The number of rotatable bonds is 6. The van der Waals surface area contributed by atoms with Gasteiger partial charge in [0.15, 0.2) is 0 Å². The van der Waals surface area contributed by atoms with Crippen LogP contribution in [0.15, 0.2) is 18.2 Å². The van der Waals surface area contributed by atoms with E-state index < -0.39 is 0 Å². The van der Waals surface area contributed by atoms with Crippen LogP contribution in [0.25, 0.3) is 0 Å². The molecule has 0 saturated carbocycles. The summed E-state index contributed by atoms with van der Waals surface area (Å²) in [4.78, 5) is 0. The minimum absolute atomic E-state index is 0.258. The van der Waals surface area contributed by atoms with E-state index in [9.17, 15) is 0 Å². The summed E-state index contributed by atoms with van der Waals surface area (Å²) in [5, 5.41) is 0. The Labute approximate surface area is 143 Å². The van der Waals surface area contributed by atoms with Crippen molar-refractivity contribution in [2.24, 2.45) is 0 Å². The van der Waals surface area contributed by atoms with Crippen LogP contribution >= 0.6 is 0 Å². The van der Waals surface area contributed by atoms with Crippen LogP contribution in [0.4, 0.5) is 0 Å². The van der Waals surface area contributed by atoms with Crippen molar-refractivity contribution in [2.75, 3.05) is 0 Å². The van der Waals surface area contributed by atoms with Crippen LogP contribution in [-0.2, 0) is 15.7 Å². The van der Waals surface area contributed by atoms with Gasteiger partial charge in [-0.3, -0.25) is 0 Å². The molecule has 0 bridgehead atoms. The number of hydrogen-bond acceptors (Lipinski definition) is 2. The van der Waals surface area contributed by atoms with Crippen LogP contribution in [0.3, 0.4) is 0 Å². The molecule has 0 atom stereocenters. The van der Waals surface area contributed by atoms with Gasteiger partial charge in [0, 0.05) is 0 Å². The summed E-state index contributed by atoms with van der Waals surface area (Å²) < 4.78 is 12.4. The molecule has 2 rings (SSSR count). The summed E-state index contributed by atoms with van der Waals surface area (Å²) in [6.07, 6.45) is 4.95. The first-order chi connectivity index (χ1) is 10.7. The molecular weight excluding hydrogens is 283 g/mol. The topological polar surface area (TPSA) is 18.5 Å². The molecule has 1 aromatic carbocycles. The lowest BCUT2D eigenvalue weighted by Crippen LogP contribution is -2.41. The zero-order chi connectivity index (χ0) is 17.3. The van der Waals surface area contributed by atoms with Gasteiger partial charge in [0.2, 0.25) is 0 Å². The first-order valence-electron chi connectivity index (χ1n) is 9.16. The Balaban J connectivity index is 2.25. The van der Waals surface area contributed by atoms with Crippen molar-refractivity contribution < 1.29 is 9.31 Å². The molecule has 1 saturated heterocycles. The van der Waals surface area contributed by atoms with Gasteiger partial charge in [-0.1, -0.05) is 51.8 Å². The fourth-order valence-electron chi connectivity index (χ4n) is 3.10. The van der Waals surface area contributed by atoms with Crippen LogP contribution in [0, 0.1) is 0 Å². The predicted octanol–water partition coefficient (Wildman–Crippen LogP) is 4.84. The summed E-state index contributed by atoms with van der Waals surface area (Å²) in [6, 6.07) is 6.76. The van der Waals surface area contributed by atoms with Crippen LogP contribution in [0.1, 0.15) is 84.8 Å². The van der Waals surface area contributed by atoms with Crippen molar-refractivity contribution in [1.29, 1.82) is 0 Å². The van der Waals surface area contributed by atoms with E-state index in [-0.39, 0.29) is 18.3 Å². The van der Waals surface area contributed by atoms with Crippen LogP contribution in [0.2, 0.25) is 0 Å². The van der Waals surface area contributed by atoms with E-state index in [1.54, 1.807) is 0 Å². The molecular formula is C20H33BO2. The molecule has 0 unspecified atom stereocenters. The lowest BCUT2D eigenvalue weighted by atomic mass is 9.76. The SMILES string of the molecule is CCCCCc1cc(B2OC(C)(C)C(C)(C)O2)ccc1C(C)C. The van der Waals surface area contributed by atoms with Gasteiger partial charge in [0.25, 0.3) is 0 Å². The Morgan fingerprint density at radius 1 is 1.00 bits per heavy atom. The van der Waals surface area contributed by atoms with E-state index in [0.717, 1.165) is 11.9 Å². The Hall–Kier alpha value is -0.795. The molecule has 1 aliphatic heterocycles. The molecule has 0 amide bonds. The minimum atomic E-state index is -0.281. The van der Waals surface area contributed by atoms with Crippen molar-refractivity contribution in [3.63, 3.8) is 0 Å². The van der Waals surface area contributed by atoms with Crippen molar-refractivity contribution in [3.8, 4) is 0 Å². The van der Waals surface area contributed by atoms with Crippen molar-refractivity contribution in [2.45, 2.75) is 91.3 Å². The maximum absolute atomic E-state index is 6.21. The van der Waals surface area contributed by atoms with Gasteiger partial charge in [0.05, 0.1) is 11.2 Å². The molecule has 1 heterocycles. The second-order valence-electron chi connectivity index (χ2n) is 8.16. The van der Waals surface area contributed by atoms with E-state index in [2.05, 4.69) is 66.7 Å². The molecule has 23 heavy (non-hydrogen) atoms. The standard InChI is InChI=1S/C20H33BO2/c1-8-9-10-11-16-14-17(12-13-18(16)15(2)3)21-22-19(4,5)20(6,7)23-21/h12-15H,8-11H2,1-7H3. The van der Waals surface area contributed by atoms with E-state index in [1.807, 2.05) is 0 Å². The highest BCUT2D eigenvalue weighted by Gasteiger charge is 2.51. The van der Waals surface area contributed by atoms with Gasteiger partial charge >= 0.3 is 7.12 Å². The summed E-state index contributed by atoms with van der Waals surface area (Å²) in [5.41, 5.74) is 3.51. The number of aryl methyl sites for hydroxylation is 1. The van der Waals surface area contributed by atoms with Crippen LogP contribution in [0.5, 0.6) is 0 Å². The molecule has 0 radical (unpaired) electrons. The molecule has 128 valence electrons.